The molecule has 1 aromatic heterocycles. The van der Waals surface area contributed by atoms with Gasteiger partial charge in [0.1, 0.15) is 0 Å². The molecule has 7 nitrogen and oxygen atoms in total. The lowest BCUT2D eigenvalue weighted by molar-refractivity contribution is 0.0569. The van der Waals surface area contributed by atoms with Crippen molar-refractivity contribution in [3.8, 4) is 0 Å². The highest BCUT2D eigenvalue weighted by Crippen LogP contribution is 2.22. The number of rotatable bonds is 6. The molecule has 1 aromatic rings. The summed E-state index contributed by atoms with van der Waals surface area (Å²) < 4.78 is 0. The van der Waals surface area contributed by atoms with E-state index < -0.39 is 0 Å². The number of carbonyl (C=O) groups excluding carboxylic acids is 1. The number of piperazine rings is 1. The quantitative estimate of drug-likeness (QED) is 0.830. The summed E-state index contributed by atoms with van der Waals surface area (Å²) in [4.78, 5) is 28.5. The van der Waals surface area contributed by atoms with Gasteiger partial charge in [-0.25, -0.2) is 9.97 Å². The number of carbonyl (C=O) groups is 1. The van der Waals surface area contributed by atoms with Crippen molar-refractivity contribution < 1.29 is 4.79 Å². The minimum Gasteiger partial charge on any atom is -0.355 e. The number of nitrogens with one attached hydrogen (secondary N) is 1. The van der Waals surface area contributed by atoms with Crippen molar-refractivity contribution in [1.29, 1.82) is 0 Å². The molecule has 0 spiro atoms. The van der Waals surface area contributed by atoms with E-state index in [9.17, 15) is 4.79 Å². The normalized spacial score (nSPS) is 22.4. The van der Waals surface area contributed by atoms with Gasteiger partial charge in [-0.3, -0.25) is 4.79 Å². The smallest absolute Gasteiger partial charge is 0.257 e. The van der Waals surface area contributed by atoms with Crippen molar-refractivity contribution in [3.05, 3.63) is 18.0 Å². The van der Waals surface area contributed by atoms with Gasteiger partial charge in [0, 0.05) is 64.2 Å². The number of hydrogen-bond donors (Lipinski definition) is 1. The Kier molecular flexibility index (Phi) is 6.80. The van der Waals surface area contributed by atoms with E-state index in [1.165, 1.54) is 6.42 Å². The average Bonchev–Trinajstić information content (AvgIpc) is 2.68. The average molecular weight is 361 g/mol. The van der Waals surface area contributed by atoms with Gasteiger partial charge in [0.05, 0.1) is 5.56 Å². The molecule has 0 saturated carbocycles. The van der Waals surface area contributed by atoms with Gasteiger partial charge in [-0.05, 0) is 39.7 Å². The van der Waals surface area contributed by atoms with E-state index in [1.54, 1.807) is 12.4 Å². The van der Waals surface area contributed by atoms with Crippen LogP contribution in [0.25, 0.3) is 0 Å². The fraction of sp³-hybridized carbons (Fsp3) is 0.737. The van der Waals surface area contributed by atoms with E-state index in [2.05, 4.69) is 37.0 Å². The number of likely N-dealkylation sites (tertiary alicyclic amines) is 1. The molecule has 3 heterocycles. The number of nitrogens with zero attached hydrogens (tertiary/aromatic N) is 5. The van der Waals surface area contributed by atoms with Gasteiger partial charge in [0.15, 0.2) is 0 Å². The molecule has 2 fully saturated rings. The molecule has 144 valence electrons. The van der Waals surface area contributed by atoms with Gasteiger partial charge in [-0.1, -0.05) is 0 Å². The second-order valence-electron chi connectivity index (χ2n) is 7.41. The highest BCUT2D eigenvalue weighted by Gasteiger charge is 2.28. The van der Waals surface area contributed by atoms with Crippen LogP contribution in [0.1, 0.15) is 43.0 Å². The molecule has 2 saturated heterocycles. The van der Waals surface area contributed by atoms with Crippen LogP contribution in [0.4, 0.5) is 5.95 Å². The highest BCUT2D eigenvalue weighted by atomic mass is 16.2. The fourth-order valence-electron chi connectivity index (χ4n) is 3.82. The van der Waals surface area contributed by atoms with Gasteiger partial charge < -0.3 is 20.0 Å². The number of likely N-dealkylation sites (N-methyl/N-ethyl adjacent to an activating group) is 1. The lowest BCUT2D eigenvalue weighted by Crippen LogP contribution is -2.48. The van der Waals surface area contributed by atoms with Crippen LogP contribution in [-0.4, -0.2) is 89.5 Å². The van der Waals surface area contributed by atoms with E-state index in [0.717, 1.165) is 65.1 Å². The molecule has 1 unspecified atom stereocenters. The van der Waals surface area contributed by atoms with Gasteiger partial charge >= 0.3 is 0 Å². The Morgan fingerprint density at radius 3 is 2.58 bits per heavy atom. The maximum atomic E-state index is 13.0. The van der Waals surface area contributed by atoms with E-state index in [1.807, 2.05) is 6.92 Å². The minimum atomic E-state index is 0.0797. The Morgan fingerprint density at radius 2 is 1.88 bits per heavy atom. The summed E-state index contributed by atoms with van der Waals surface area (Å²) in [6.45, 7) is 9.26. The van der Waals surface area contributed by atoms with Crippen LogP contribution in [0.5, 0.6) is 0 Å². The summed E-state index contributed by atoms with van der Waals surface area (Å²) in [6, 6.07) is 0.337. The number of hydrogen-bond acceptors (Lipinski definition) is 6. The zero-order valence-corrected chi connectivity index (χ0v) is 16.2. The number of anilines is 1. The van der Waals surface area contributed by atoms with Crippen LogP contribution >= 0.6 is 0 Å². The monoisotopic (exact) mass is 360 g/mol. The van der Waals surface area contributed by atoms with Gasteiger partial charge in [0.2, 0.25) is 5.95 Å². The molecule has 0 aromatic carbocycles. The molecule has 1 amide bonds. The van der Waals surface area contributed by atoms with Crippen molar-refractivity contribution in [2.45, 2.75) is 38.6 Å². The van der Waals surface area contributed by atoms with Crippen molar-refractivity contribution in [1.82, 2.24) is 24.7 Å². The maximum absolute atomic E-state index is 13.0. The third kappa shape index (κ3) is 4.92. The van der Waals surface area contributed by atoms with Crippen molar-refractivity contribution >= 4 is 11.9 Å². The Labute approximate surface area is 156 Å². The molecular formula is C19H32N6O. The Bertz CT molecular complexity index is 570. The zero-order chi connectivity index (χ0) is 18.4. The number of amides is 1. The highest BCUT2D eigenvalue weighted by molar-refractivity contribution is 5.94. The van der Waals surface area contributed by atoms with Crippen molar-refractivity contribution in [2.24, 2.45) is 0 Å². The first-order valence-corrected chi connectivity index (χ1v) is 9.95. The van der Waals surface area contributed by atoms with Crippen LogP contribution in [0.3, 0.4) is 0 Å². The van der Waals surface area contributed by atoms with E-state index >= 15 is 0 Å². The molecule has 0 aliphatic carbocycles. The summed E-state index contributed by atoms with van der Waals surface area (Å²) in [5, 5.41) is 3.07. The molecular weight excluding hydrogens is 328 g/mol. The molecule has 1 N–H and O–H groups in total. The zero-order valence-electron chi connectivity index (χ0n) is 16.2. The molecule has 26 heavy (non-hydrogen) atoms. The van der Waals surface area contributed by atoms with Crippen LogP contribution in [0, 0.1) is 0 Å². The molecule has 1 atom stereocenters. The predicted octanol–water partition coefficient (Wildman–Crippen LogP) is 1.54. The first kappa shape index (κ1) is 19.0. The molecule has 0 bridgehead atoms. The van der Waals surface area contributed by atoms with Gasteiger partial charge in [-0.2, -0.15) is 0 Å². The summed E-state index contributed by atoms with van der Waals surface area (Å²) in [5.74, 6) is 0.658. The van der Waals surface area contributed by atoms with Crippen LogP contribution in [0.15, 0.2) is 12.4 Å². The molecule has 0 radical (unpaired) electrons. The van der Waals surface area contributed by atoms with Crippen molar-refractivity contribution in [2.75, 3.05) is 58.2 Å². The summed E-state index contributed by atoms with van der Waals surface area (Å²) in [6.07, 6.45) is 7.78. The molecule has 3 rings (SSSR count). The summed E-state index contributed by atoms with van der Waals surface area (Å²) >= 11 is 0. The van der Waals surface area contributed by atoms with Gasteiger partial charge in [0.25, 0.3) is 5.91 Å². The summed E-state index contributed by atoms with van der Waals surface area (Å²) in [5.41, 5.74) is 0.596. The predicted molar refractivity (Wildman–Crippen MR) is 103 cm³/mol. The number of piperidine rings is 1. The van der Waals surface area contributed by atoms with Gasteiger partial charge in [-0.15, -0.1) is 0 Å². The van der Waals surface area contributed by atoms with Crippen LogP contribution in [0.2, 0.25) is 0 Å². The third-order valence-corrected chi connectivity index (χ3v) is 5.50. The molecule has 7 heteroatoms. The van der Waals surface area contributed by atoms with E-state index in [4.69, 9.17) is 0 Å². The molecule has 2 aliphatic heterocycles. The SMILES string of the molecule is CCNc1ncc(C(=O)N2CCCCC2CCN2CCN(C)CC2)cn1. The van der Waals surface area contributed by atoms with E-state index in [0.29, 0.717) is 17.6 Å². The van der Waals surface area contributed by atoms with E-state index in [-0.39, 0.29) is 5.91 Å². The van der Waals surface area contributed by atoms with Crippen LogP contribution in [-0.2, 0) is 0 Å². The standard InChI is InChI=1S/C19H32N6O/c1-3-20-19-21-14-16(15-22-19)18(26)25-8-5-4-6-17(25)7-9-24-12-10-23(2)11-13-24/h14-15,17H,3-13H2,1-2H3,(H,20,21,22). The first-order chi connectivity index (χ1) is 12.7. The third-order valence-electron chi connectivity index (χ3n) is 5.50. The summed E-state index contributed by atoms with van der Waals surface area (Å²) in [7, 11) is 2.18. The Balaban J connectivity index is 1.57. The Hall–Kier alpha value is -1.73. The lowest BCUT2D eigenvalue weighted by Gasteiger charge is -2.38. The minimum absolute atomic E-state index is 0.0797. The largest absolute Gasteiger partial charge is 0.355 e. The maximum Gasteiger partial charge on any atom is 0.257 e. The molecule has 2 aliphatic rings. The van der Waals surface area contributed by atoms with Crippen LogP contribution < -0.4 is 5.32 Å². The van der Waals surface area contributed by atoms with Crippen molar-refractivity contribution in [3.63, 3.8) is 0 Å². The Morgan fingerprint density at radius 1 is 1.15 bits per heavy atom. The first-order valence-electron chi connectivity index (χ1n) is 9.95. The second kappa shape index (κ2) is 9.28. The number of aromatic nitrogens is 2. The lowest BCUT2D eigenvalue weighted by atomic mass is 9.98. The fourth-order valence-corrected chi connectivity index (χ4v) is 3.82. The topological polar surface area (TPSA) is 64.6 Å². The second-order valence-corrected chi connectivity index (χ2v) is 7.41.